The summed E-state index contributed by atoms with van der Waals surface area (Å²) in [6, 6.07) is 19.5. The number of nitrogens with two attached hydrogens (primary N) is 3. The minimum Gasteiger partial charge on any atom is -0.398 e. The highest BCUT2D eigenvalue weighted by molar-refractivity contribution is 6.42. The largest absolute Gasteiger partial charge is 0.398 e. The molecule has 2 unspecified atom stereocenters. The summed E-state index contributed by atoms with van der Waals surface area (Å²) >= 11 is 12.0. The van der Waals surface area contributed by atoms with E-state index in [4.69, 9.17) is 40.4 Å². The first-order valence-electron chi connectivity index (χ1n) is 9.06. The van der Waals surface area contributed by atoms with Crippen LogP contribution in [0.3, 0.4) is 0 Å². The van der Waals surface area contributed by atoms with Gasteiger partial charge in [0.1, 0.15) is 0 Å². The van der Waals surface area contributed by atoms with Gasteiger partial charge in [-0.2, -0.15) is 0 Å². The van der Waals surface area contributed by atoms with Crippen LogP contribution in [0, 0.1) is 0 Å². The number of nitrogens with one attached hydrogen (secondary N) is 1. The number of hydrogen-bond acceptors (Lipinski definition) is 4. The van der Waals surface area contributed by atoms with Crippen molar-refractivity contribution in [3.63, 3.8) is 0 Å². The number of amides is 1. The summed E-state index contributed by atoms with van der Waals surface area (Å²) in [5, 5.41) is 3.69. The maximum absolute atomic E-state index is 12.8. The average Bonchev–Trinajstić information content (AvgIpc) is 2.72. The molecule has 0 spiro atoms. The molecule has 3 rings (SSSR count). The monoisotopic (exact) mass is 428 g/mol. The van der Waals surface area contributed by atoms with Crippen LogP contribution in [0.15, 0.2) is 66.7 Å². The van der Waals surface area contributed by atoms with Gasteiger partial charge in [0.05, 0.1) is 22.0 Å². The van der Waals surface area contributed by atoms with Gasteiger partial charge >= 0.3 is 0 Å². The highest BCUT2D eigenvalue weighted by atomic mass is 35.5. The molecule has 0 aliphatic rings. The van der Waals surface area contributed by atoms with Gasteiger partial charge in [-0.05, 0) is 47.0 Å². The number of anilines is 2. The fourth-order valence-electron chi connectivity index (χ4n) is 3.11. The summed E-state index contributed by atoms with van der Waals surface area (Å²) in [6.07, 6.45) is 0. The highest BCUT2D eigenvalue weighted by Gasteiger charge is 2.21. The summed E-state index contributed by atoms with van der Waals surface area (Å²) < 4.78 is 0. The van der Waals surface area contributed by atoms with E-state index in [2.05, 4.69) is 5.32 Å². The third-order valence-electron chi connectivity index (χ3n) is 4.75. The quantitative estimate of drug-likeness (QED) is 0.438. The van der Waals surface area contributed by atoms with E-state index in [1.54, 1.807) is 36.4 Å². The minimum absolute atomic E-state index is 0.120. The molecule has 7 N–H and O–H groups in total. The summed E-state index contributed by atoms with van der Waals surface area (Å²) in [4.78, 5) is 12.8. The van der Waals surface area contributed by atoms with Crippen molar-refractivity contribution in [2.24, 2.45) is 11.5 Å². The fraction of sp³-hybridized carbons (Fsp3) is 0.136. The number of hydrogen-bond donors (Lipinski definition) is 4. The molecule has 0 aliphatic carbocycles. The molecule has 0 saturated heterocycles. The number of benzene rings is 3. The molecule has 0 radical (unpaired) electrons. The lowest BCUT2D eigenvalue weighted by atomic mass is 9.96. The predicted octanol–water partition coefficient (Wildman–Crippen LogP) is 4.30. The Morgan fingerprint density at radius 3 is 2.31 bits per heavy atom. The second kappa shape index (κ2) is 9.29. The van der Waals surface area contributed by atoms with Gasteiger partial charge in [-0.15, -0.1) is 0 Å². The van der Waals surface area contributed by atoms with Gasteiger partial charge in [0.15, 0.2) is 0 Å². The first-order chi connectivity index (χ1) is 13.9. The van der Waals surface area contributed by atoms with Crippen LogP contribution < -0.4 is 22.5 Å². The number of rotatable bonds is 6. The molecule has 2 atom stereocenters. The molecule has 5 nitrogen and oxygen atoms in total. The summed E-state index contributed by atoms with van der Waals surface area (Å²) in [5.41, 5.74) is 21.9. The van der Waals surface area contributed by atoms with E-state index in [1.807, 2.05) is 30.3 Å². The third kappa shape index (κ3) is 4.89. The molecule has 0 bridgehead atoms. The summed E-state index contributed by atoms with van der Waals surface area (Å²) in [6.45, 7) is 0.120. The first kappa shape index (κ1) is 21.1. The summed E-state index contributed by atoms with van der Waals surface area (Å²) in [5.74, 6) is -0.830. The van der Waals surface area contributed by atoms with Crippen molar-refractivity contribution in [3.05, 3.63) is 93.5 Å². The van der Waals surface area contributed by atoms with Gasteiger partial charge in [-0.3, -0.25) is 4.79 Å². The second-order valence-corrected chi connectivity index (χ2v) is 7.50. The van der Waals surface area contributed by atoms with Crippen molar-refractivity contribution in [1.29, 1.82) is 0 Å². The molecule has 0 heterocycles. The van der Waals surface area contributed by atoms with Crippen molar-refractivity contribution >= 4 is 40.5 Å². The Labute approximate surface area is 179 Å². The van der Waals surface area contributed by atoms with E-state index < -0.39 is 12.0 Å². The fourth-order valence-corrected chi connectivity index (χ4v) is 3.42. The van der Waals surface area contributed by atoms with E-state index in [9.17, 15) is 4.79 Å². The molecule has 29 heavy (non-hydrogen) atoms. The Kier molecular flexibility index (Phi) is 6.77. The molecule has 0 aromatic heterocycles. The average molecular weight is 429 g/mol. The standard InChI is InChI=1S/C22H22Cl2N4O/c23-18-8-6-14(10-19(18)24)17(12-25)22(29)28-15-7-9-20(26)16(11-15)21(27)13-4-2-1-3-5-13/h1-11,17,21H,12,25-27H2,(H,28,29). The van der Waals surface area contributed by atoms with Crippen molar-refractivity contribution in [3.8, 4) is 0 Å². The van der Waals surface area contributed by atoms with Crippen molar-refractivity contribution in [2.45, 2.75) is 12.0 Å². The van der Waals surface area contributed by atoms with Crippen LogP contribution in [0.4, 0.5) is 11.4 Å². The molecule has 3 aromatic carbocycles. The lowest BCUT2D eigenvalue weighted by Gasteiger charge is -2.19. The Morgan fingerprint density at radius 2 is 1.66 bits per heavy atom. The van der Waals surface area contributed by atoms with Crippen LogP contribution in [-0.4, -0.2) is 12.5 Å². The molecule has 0 aliphatic heterocycles. The Morgan fingerprint density at radius 1 is 0.931 bits per heavy atom. The van der Waals surface area contributed by atoms with Crippen LogP contribution in [0.5, 0.6) is 0 Å². The molecule has 3 aromatic rings. The van der Waals surface area contributed by atoms with Crippen LogP contribution in [0.2, 0.25) is 10.0 Å². The van der Waals surface area contributed by atoms with Crippen LogP contribution in [0.25, 0.3) is 0 Å². The molecular formula is C22H22Cl2N4O. The first-order valence-corrected chi connectivity index (χ1v) is 9.82. The normalized spacial score (nSPS) is 13.0. The van der Waals surface area contributed by atoms with Crippen molar-refractivity contribution in [1.82, 2.24) is 0 Å². The number of nitrogen functional groups attached to an aromatic ring is 1. The van der Waals surface area contributed by atoms with E-state index in [0.717, 1.165) is 11.1 Å². The van der Waals surface area contributed by atoms with Gasteiger partial charge in [0.25, 0.3) is 0 Å². The molecule has 150 valence electrons. The van der Waals surface area contributed by atoms with E-state index in [-0.39, 0.29) is 12.5 Å². The Bertz CT molecular complexity index is 1010. The van der Waals surface area contributed by atoms with E-state index in [1.165, 1.54) is 0 Å². The molecule has 1 amide bonds. The zero-order valence-electron chi connectivity index (χ0n) is 15.6. The predicted molar refractivity (Wildman–Crippen MR) is 120 cm³/mol. The molecule has 0 saturated carbocycles. The van der Waals surface area contributed by atoms with Gasteiger partial charge in [0, 0.05) is 17.9 Å². The Balaban J connectivity index is 1.83. The zero-order chi connectivity index (χ0) is 21.0. The van der Waals surface area contributed by atoms with Crippen LogP contribution in [0.1, 0.15) is 28.7 Å². The van der Waals surface area contributed by atoms with Gasteiger partial charge < -0.3 is 22.5 Å². The number of carbonyl (C=O) groups excluding carboxylic acids is 1. The van der Waals surface area contributed by atoms with Crippen LogP contribution in [-0.2, 0) is 4.79 Å². The lowest BCUT2D eigenvalue weighted by Crippen LogP contribution is -2.27. The van der Waals surface area contributed by atoms with Crippen molar-refractivity contribution < 1.29 is 4.79 Å². The SMILES string of the molecule is NCC(C(=O)Nc1ccc(N)c(C(N)c2ccccc2)c1)c1ccc(Cl)c(Cl)c1. The maximum atomic E-state index is 12.8. The third-order valence-corrected chi connectivity index (χ3v) is 5.49. The molecule has 0 fully saturated rings. The summed E-state index contributed by atoms with van der Waals surface area (Å²) in [7, 11) is 0. The van der Waals surface area contributed by atoms with Gasteiger partial charge in [0.2, 0.25) is 5.91 Å². The minimum atomic E-state index is -0.575. The van der Waals surface area contributed by atoms with E-state index in [0.29, 0.717) is 27.0 Å². The van der Waals surface area contributed by atoms with Crippen LogP contribution >= 0.6 is 23.2 Å². The number of carbonyl (C=O) groups is 1. The van der Waals surface area contributed by atoms with E-state index >= 15 is 0 Å². The topological polar surface area (TPSA) is 107 Å². The van der Waals surface area contributed by atoms with Crippen molar-refractivity contribution in [2.75, 3.05) is 17.6 Å². The maximum Gasteiger partial charge on any atom is 0.233 e. The highest BCUT2D eigenvalue weighted by Crippen LogP contribution is 2.29. The Hall–Kier alpha value is -2.57. The molecule has 7 heteroatoms. The van der Waals surface area contributed by atoms with Gasteiger partial charge in [-0.25, -0.2) is 0 Å². The second-order valence-electron chi connectivity index (χ2n) is 6.68. The lowest BCUT2D eigenvalue weighted by molar-refractivity contribution is -0.117. The zero-order valence-corrected chi connectivity index (χ0v) is 17.1. The smallest absolute Gasteiger partial charge is 0.233 e. The van der Waals surface area contributed by atoms with Gasteiger partial charge in [-0.1, -0.05) is 59.6 Å². The molecular weight excluding hydrogens is 407 g/mol. The number of halogens is 2.